The first-order chi connectivity index (χ1) is 9.84. The molecule has 0 fully saturated rings. The minimum atomic E-state index is -1.14. The van der Waals surface area contributed by atoms with Crippen molar-refractivity contribution in [3.63, 3.8) is 0 Å². The summed E-state index contributed by atoms with van der Waals surface area (Å²) < 4.78 is 1.87. The van der Waals surface area contributed by atoms with E-state index in [1.54, 1.807) is 18.2 Å². The molecular weight excluding hydrogens is 342 g/mol. The number of nitrogens with zero attached hydrogens (tertiary/aromatic N) is 1. The first-order valence-corrected chi connectivity index (χ1v) is 6.89. The maximum atomic E-state index is 12.3. The standard InChI is InChI=1S/C14H12BrNO5/c1-16-12-7(3-2-4-8(12)15)13(20)11(14(16)21)9(17)5-6-10(18)19/h2-4,20H,5-6H2,1H3,(H,18,19). The number of carboxylic acid groups (broad SMARTS) is 1. The van der Waals surface area contributed by atoms with Crippen LogP contribution < -0.4 is 5.56 Å². The van der Waals surface area contributed by atoms with E-state index < -0.39 is 29.5 Å². The summed E-state index contributed by atoms with van der Waals surface area (Å²) in [6.07, 6.45) is -0.727. The highest BCUT2D eigenvalue weighted by Crippen LogP contribution is 2.31. The van der Waals surface area contributed by atoms with Crippen LogP contribution in [0.3, 0.4) is 0 Å². The number of para-hydroxylation sites is 1. The van der Waals surface area contributed by atoms with Crippen molar-refractivity contribution in [2.24, 2.45) is 7.05 Å². The van der Waals surface area contributed by atoms with Gasteiger partial charge in [-0.15, -0.1) is 0 Å². The molecule has 0 atom stereocenters. The van der Waals surface area contributed by atoms with E-state index in [-0.39, 0.29) is 12.0 Å². The molecule has 0 saturated heterocycles. The number of pyridine rings is 1. The molecular formula is C14H12BrNO5. The van der Waals surface area contributed by atoms with Crippen molar-refractivity contribution in [2.45, 2.75) is 12.8 Å². The van der Waals surface area contributed by atoms with Gasteiger partial charge in [-0.3, -0.25) is 14.4 Å². The average molecular weight is 354 g/mol. The van der Waals surface area contributed by atoms with E-state index in [0.717, 1.165) is 0 Å². The Morgan fingerprint density at radius 2 is 1.95 bits per heavy atom. The average Bonchev–Trinajstić information content (AvgIpc) is 2.42. The Kier molecular flexibility index (Phi) is 4.13. The number of aromatic hydroxyl groups is 1. The predicted molar refractivity (Wildman–Crippen MR) is 79.8 cm³/mol. The van der Waals surface area contributed by atoms with E-state index in [1.807, 2.05) is 0 Å². The fourth-order valence-corrected chi connectivity index (χ4v) is 2.78. The Labute approximate surface area is 127 Å². The molecule has 0 spiro atoms. The summed E-state index contributed by atoms with van der Waals surface area (Å²) in [6, 6.07) is 4.97. The number of rotatable bonds is 4. The molecule has 0 aliphatic heterocycles. The minimum absolute atomic E-state index is 0.336. The number of aromatic nitrogens is 1. The number of benzene rings is 1. The van der Waals surface area contributed by atoms with E-state index in [0.29, 0.717) is 15.4 Å². The monoisotopic (exact) mass is 353 g/mol. The number of hydrogen-bond acceptors (Lipinski definition) is 4. The minimum Gasteiger partial charge on any atom is -0.506 e. The van der Waals surface area contributed by atoms with Crippen LogP contribution in [0.1, 0.15) is 23.2 Å². The molecule has 110 valence electrons. The highest BCUT2D eigenvalue weighted by Gasteiger charge is 2.22. The zero-order valence-corrected chi connectivity index (χ0v) is 12.7. The van der Waals surface area contributed by atoms with Gasteiger partial charge in [0.25, 0.3) is 5.56 Å². The molecule has 1 aromatic heterocycles. The normalized spacial score (nSPS) is 10.8. The smallest absolute Gasteiger partial charge is 0.303 e. The summed E-state index contributed by atoms with van der Waals surface area (Å²) in [4.78, 5) is 34.8. The van der Waals surface area contributed by atoms with Gasteiger partial charge in [-0.25, -0.2) is 0 Å². The number of hydrogen-bond donors (Lipinski definition) is 2. The quantitative estimate of drug-likeness (QED) is 0.820. The molecule has 2 N–H and O–H groups in total. The van der Waals surface area contributed by atoms with Crippen LogP contribution >= 0.6 is 15.9 Å². The Morgan fingerprint density at radius 1 is 1.29 bits per heavy atom. The lowest BCUT2D eigenvalue weighted by Crippen LogP contribution is -2.25. The van der Waals surface area contributed by atoms with E-state index in [2.05, 4.69) is 15.9 Å². The zero-order valence-electron chi connectivity index (χ0n) is 11.1. The molecule has 0 bridgehead atoms. The van der Waals surface area contributed by atoms with Crippen LogP contribution in [0.15, 0.2) is 27.5 Å². The molecule has 0 aliphatic rings. The molecule has 0 radical (unpaired) electrons. The Balaban J connectivity index is 2.69. The number of carboxylic acids is 1. The topological polar surface area (TPSA) is 96.6 Å². The number of Topliss-reactive ketones (excluding diaryl/α,β-unsaturated/α-hetero) is 1. The van der Waals surface area contributed by atoms with Crippen molar-refractivity contribution in [1.29, 1.82) is 0 Å². The van der Waals surface area contributed by atoms with Gasteiger partial charge in [0.2, 0.25) is 0 Å². The first kappa shape index (κ1) is 15.2. The van der Waals surface area contributed by atoms with Crippen LogP contribution in [0.2, 0.25) is 0 Å². The first-order valence-electron chi connectivity index (χ1n) is 6.09. The molecule has 0 aliphatic carbocycles. The fraction of sp³-hybridized carbons (Fsp3) is 0.214. The van der Waals surface area contributed by atoms with Gasteiger partial charge in [-0.05, 0) is 28.1 Å². The maximum Gasteiger partial charge on any atom is 0.303 e. The van der Waals surface area contributed by atoms with E-state index in [4.69, 9.17) is 5.11 Å². The summed E-state index contributed by atoms with van der Waals surface area (Å²) in [6.45, 7) is 0. The van der Waals surface area contributed by atoms with E-state index >= 15 is 0 Å². The second kappa shape index (κ2) is 5.69. The number of aliphatic carboxylic acids is 1. The molecule has 7 heteroatoms. The molecule has 0 saturated carbocycles. The van der Waals surface area contributed by atoms with Crippen molar-refractivity contribution in [3.8, 4) is 5.75 Å². The number of halogens is 1. The predicted octanol–water partition coefficient (Wildman–Crippen LogP) is 2.05. The summed E-state index contributed by atoms with van der Waals surface area (Å²) in [5.74, 6) is -2.23. The summed E-state index contributed by atoms with van der Waals surface area (Å²) in [5.41, 5.74) is -0.554. The number of fused-ring (bicyclic) bond motifs is 1. The Hall–Kier alpha value is -2.15. The van der Waals surface area contributed by atoms with Crippen molar-refractivity contribution >= 4 is 38.6 Å². The largest absolute Gasteiger partial charge is 0.506 e. The van der Waals surface area contributed by atoms with Crippen LogP contribution in [0.25, 0.3) is 10.9 Å². The van der Waals surface area contributed by atoms with Crippen molar-refractivity contribution in [2.75, 3.05) is 0 Å². The van der Waals surface area contributed by atoms with Crippen molar-refractivity contribution < 1.29 is 19.8 Å². The summed E-state index contributed by atoms with van der Waals surface area (Å²) in [5, 5.41) is 19.2. The van der Waals surface area contributed by atoms with Crippen LogP contribution in [0, 0.1) is 0 Å². The Morgan fingerprint density at radius 3 is 2.57 bits per heavy atom. The molecule has 1 aromatic carbocycles. The highest BCUT2D eigenvalue weighted by molar-refractivity contribution is 9.10. The SMILES string of the molecule is Cn1c(=O)c(C(=O)CCC(=O)O)c(O)c2cccc(Br)c21. The van der Waals surface area contributed by atoms with Crippen molar-refractivity contribution in [1.82, 2.24) is 4.57 Å². The number of carbonyl (C=O) groups is 2. The van der Waals surface area contributed by atoms with Gasteiger partial charge in [0.1, 0.15) is 11.3 Å². The lowest BCUT2D eigenvalue weighted by atomic mass is 10.0. The maximum absolute atomic E-state index is 12.3. The summed E-state index contributed by atoms with van der Waals surface area (Å²) in [7, 11) is 1.49. The number of ketones is 1. The highest BCUT2D eigenvalue weighted by atomic mass is 79.9. The fourth-order valence-electron chi connectivity index (χ4n) is 2.15. The molecule has 0 amide bonds. The van der Waals surface area contributed by atoms with Crippen LogP contribution in [-0.4, -0.2) is 26.5 Å². The van der Waals surface area contributed by atoms with Gasteiger partial charge in [-0.2, -0.15) is 0 Å². The molecule has 21 heavy (non-hydrogen) atoms. The Bertz CT molecular complexity index is 809. The lowest BCUT2D eigenvalue weighted by Gasteiger charge is -2.12. The van der Waals surface area contributed by atoms with Gasteiger partial charge < -0.3 is 14.8 Å². The zero-order chi connectivity index (χ0) is 15.7. The van der Waals surface area contributed by atoms with Gasteiger partial charge in [-0.1, -0.05) is 6.07 Å². The summed E-state index contributed by atoms with van der Waals surface area (Å²) >= 11 is 3.29. The molecule has 2 rings (SSSR count). The molecule has 2 aromatic rings. The second-order valence-corrected chi connectivity index (χ2v) is 5.40. The molecule has 1 heterocycles. The molecule has 0 unspecified atom stereocenters. The van der Waals surface area contributed by atoms with Crippen LogP contribution in [-0.2, 0) is 11.8 Å². The number of aryl methyl sites for hydroxylation is 1. The third kappa shape index (κ3) is 2.69. The van der Waals surface area contributed by atoms with Crippen molar-refractivity contribution in [3.05, 3.63) is 38.6 Å². The van der Waals surface area contributed by atoms with E-state index in [1.165, 1.54) is 11.6 Å². The van der Waals surface area contributed by atoms with Gasteiger partial charge in [0, 0.05) is 23.3 Å². The second-order valence-electron chi connectivity index (χ2n) is 4.54. The lowest BCUT2D eigenvalue weighted by molar-refractivity contribution is -0.136. The number of carbonyl (C=O) groups excluding carboxylic acids is 1. The van der Waals surface area contributed by atoms with Gasteiger partial charge in [0.05, 0.1) is 11.9 Å². The molecule has 6 nitrogen and oxygen atoms in total. The van der Waals surface area contributed by atoms with Gasteiger partial charge in [0.15, 0.2) is 5.78 Å². The van der Waals surface area contributed by atoms with Crippen LogP contribution in [0.4, 0.5) is 0 Å². The van der Waals surface area contributed by atoms with Gasteiger partial charge >= 0.3 is 5.97 Å². The van der Waals surface area contributed by atoms with Crippen LogP contribution in [0.5, 0.6) is 5.75 Å². The third-order valence-corrected chi connectivity index (χ3v) is 3.82. The third-order valence-electron chi connectivity index (χ3n) is 3.18. The van der Waals surface area contributed by atoms with E-state index in [9.17, 15) is 19.5 Å².